The van der Waals surface area contributed by atoms with Gasteiger partial charge < -0.3 is 0 Å². The second kappa shape index (κ2) is 9.96. The number of fused-ring (bicyclic) bond motifs is 1. The van der Waals surface area contributed by atoms with Gasteiger partial charge >= 0.3 is 223 Å². The Balaban J connectivity index is 1.35. The molecule has 1 N–H and O–H groups in total. The van der Waals surface area contributed by atoms with Gasteiger partial charge in [0.1, 0.15) is 0 Å². The van der Waals surface area contributed by atoms with Crippen molar-refractivity contribution in [2.24, 2.45) is 0 Å². The van der Waals surface area contributed by atoms with Crippen molar-refractivity contribution in [2.45, 2.75) is 33.4 Å². The van der Waals surface area contributed by atoms with Crippen LogP contribution in [0.15, 0.2) is 111 Å². The number of thiol groups is 1. The first-order valence-electron chi connectivity index (χ1n) is 11.3. The van der Waals surface area contributed by atoms with Gasteiger partial charge in [-0.2, -0.15) is 0 Å². The predicted octanol–water partition coefficient (Wildman–Crippen LogP) is 3.04. The van der Waals surface area contributed by atoms with Crippen LogP contribution in [0.3, 0.4) is 0 Å². The summed E-state index contributed by atoms with van der Waals surface area (Å²) in [6.45, 7) is 3.72. The molecule has 0 radical (unpaired) electrons. The van der Waals surface area contributed by atoms with Gasteiger partial charge in [0.05, 0.1) is 0 Å². The van der Waals surface area contributed by atoms with Gasteiger partial charge in [0.15, 0.2) is 0 Å². The monoisotopic (exact) mass is 637 g/mol. The summed E-state index contributed by atoms with van der Waals surface area (Å²) in [5.74, 6) is 0.224. The molecule has 4 aromatic rings. The molecule has 0 saturated heterocycles. The molecule has 0 bridgehead atoms. The summed E-state index contributed by atoms with van der Waals surface area (Å²) in [4.78, 5) is 1.11. The number of hydrogen-bond donors (Lipinski definition) is 2. The molecule has 38 heavy (non-hydrogen) atoms. The van der Waals surface area contributed by atoms with Crippen LogP contribution in [0.2, 0.25) is 0 Å². The maximum atomic E-state index is 13.9. The first-order valence-corrected chi connectivity index (χ1v) is 17.5. The normalized spacial score (nSPS) is 15.4. The summed E-state index contributed by atoms with van der Waals surface area (Å²) in [6, 6.07) is 23.4. The number of aryl methyl sites for hydroxylation is 2. The van der Waals surface area contributed by atoms with E-state index >= 15 is 0 Å². The average molecular weight is 637 g/mol. The first kappa shape index (κ1) is 26.6. The van der Waals surface area contributed by atoms with Gasteiger partial charge in [0, 0.05) is 0 Å². The van der Waals surface area contributed by atoms with Crippen molar-refractivity contribution in [3.05, 3.63) is 102 Å². The van der Waals surface area contributed by atoms with Crippen molar-refractivity contribution in [3.63, 3.8) is 0 Å². The van der Waals surface area contributed by atoms with Crippen LogP contribution in [0.5, 0.6) is 11.5 Å². The molecule has 1 aliphatic heterocycles. The fourth-order valence-corrected chi connectivity index (χ4v) is 12.0. The van der Waals surface area contributed by atoms with Gasteiger partial charge in [-0.3, -0.25) is 0 Å². The Labute approximate surface area is 229 Å². The van der Waals surface area contributed by atoms with Crippen molar-refractivity contribution in [1.82, 2.24) is 3.74 Å². The summed E-state index contributed by atoms with van der Waals surface area (Å²) >= 11 is -0.401. The van der Waals surface area contributed by atoms with Crippen molar-refractivity contribution < 1.29 is 29.4 Å². The molecule has 8 nitrogen and oxygen atoms in total. The minimum atomic E-state index is -4.02. The Bertz CT molecular complexity index is 1770. The van der Waals surface area contributed by atoms with E-state index in [0.29, 0.717) is 14.3 Å². The number of hydrogen-bond acceptors (Lipinski definition) is 7. The molecule has 0 atom stereocenters. The molecule has 0 aromatic heterocycles. The third-order valence-electron chi connectivity index (χ3n) is 5.79. The summed E-state index contributed by atoms with van der Waals surface area (Å²) in [5, 5.41) is 0. The van der Waals surface area contributed by atoms with Crippen LogP contribution in [0, 0.1) is 13.8 Å². The maximum absolute atomic E-state index is 13.9. The molecule has 0 spiro atoms. The molecule has 1 aliphatic rings. The van der Waals surface area contributed by atoms with E-state index in [1.54, 1.807) is 48.5 Å². The second-order valence-electron chi connectivity index (χ2n) is 8.63. The van der Waals surface area contributed by atoms with Crippen molar-refractivity contribution >= 4 is 50.0 Å². The van der Waals surface area contributed by atoms with Crippen LogP contribution >= 0.6 is 0 Å². The van der Waals surface area contributed by atoms with E-state index < -0.39 is 45.5 Å². The Morgan fingerprint density at radius 2 is 1.13 bits per heavy atom. The molecule has 4 aromatic carbocycles. The SMILES string of the molecule is Cc1ccc(S(=O)(=O)Oc2ccc([SH]3(=O)N[Se]c4cc(OS(=O)(=O)c5ccc(C)cc5)ccc43)cc2)cc1. The molecule has 0 fully saturated rings. The zero-order valence-corrected chi connectivity index (χ0v) is 24.4. The molecular weight excluding hydrogens is 613 g/mol. The fourth-order valence-electron chi connectivity index (χ4n) is 3.71. The molecule has 5 rings (SSSR count). The Morgan fingerprint density at radius 3 is 1.66 bits per heavy atom. The molecule has 0 unspecified atom stereocenters. The number of rotatable bonds is 7. The molecule has 0 amide bonds. The molecule has 198 valence electrons. The third kappa shape index (κ3) is 5.28. The van der Waals surface area contributed by atoms with Gasteiger partial charge in [-0.15, -0.1) is 0 Å². The van der Waals surface area contributed by atoms with E-state index in [9.17, 15) is 21.0 Å². The van der Waals surface area contributed by atoms with Crippen molar-refractivity contribution in [1.29, 1.82) is 0 Å². The van der Waals surface area contributed by atoms with Crippen LogP contribution < -0.4 is 16.6 Å². The van der Waals surface area contributed by atoms with E-state index in [4.69, 9.17) is 8.37 Å². The molecule has 1 heterocycles. The van der Waals surface area contributed by atoms with E-state index in [1.807, 2.05) is 13.8 Å². The van der Waals surface area contributed by atoms with Crippen LogP contribution in [-0.4, -0.2) is 36.2 Å². The summed E-state index contributed by atoms with van der Waals surface area (Å²) in [6.07, 6.45) is 0. The van der Waals surface area contributed by atoms with Gasteiger partial charge in [0.2, 0.25) is 0 Å². The average Bonchev–Trinajstić information content (AvgIpc) is 3.21. The topological polar surface area (TPSA) is 116 Å². The number of benzene rings is 4. The van der Waals surface area contributed by atoms with E-state index in [2.05, 4.69) is 3.74 Å². The Kier molecular flexibility index (Phi) is 6.97. The van der Waals surface area contributed by atoms with Gasteiger partial charge in [0.25, 0.3) is 0 Å². The third-order valence-corrected chi connectivity index (χ3v) is 14.5. The summed E-state index contributed by atoms with van der Waals surface area (Å²) in [5.41, 5.74) is 1.86. The second-order valence-corrected chi connectivity index (χ2v) is 16.6. The molecular formula is C26H23NO7S3Se. The van der Waals surface area contributed by atoms with E-state index in [0.717, 1.165) is 11.1 Å². The van der Waals surface area contributed by atoms with E-state index in [-0.39, 0.29) is 21.3 Å². The molecule has 0 aliphatic carbocycles. The standard InChI is InChI=1S/C26H23NO7S3Se/c1-18-3-10-23(11-4-18)36(29,30)33-20-7-14-22(15-8-20)35(28)25-16-9-21(17-26(25)38-27-35)34-37(31,32)24-12-5-19(2)6-13-24/h3-17,35H,1-2H3,(H,27,28). The van der Waals surface area contributed by atoms with Gasteiger partial charge in [-0.1, -0.05) is 0 Å². The van der Waals surface area contributed by atoms with Crippen molar-refractivity contribution in [3.8, 4) is 11.5 Å². The van der Waals surface area contributed by atoms with Crippen LogP contribution in [0.1, 0.15) is 11.1 Å². The summed E-state index contributed by atoms with van der Waals surface area (Å²) in [7, 11) is -11.2. The zero-order valence-electron chi connectivity index (χ0n) is 20.2. The quantitative estimate of drug-likeness (QED) is 0.182. The Morgan fingerprint density at radius 1 is 0.658 bits per heavy atom. The van der Waals surface area contributed by atoms with Crippen molar-refractivity contribution in [2.75, 3.05) is 0 Å². The summed E-state index contributed by atoms with van der Waals surface area (Å²) < 4.78 is 78.8. The van der Waals surface area contributed by atoms with E-state index in [1.165, 1.54) is 42.5 Å². The first-order chi connectivity index (χ1) is 18.0. The van der Waals surface area contributed by atoms with Gasteiger partial charge in [-0.05, 0) is 6.92 Å². The predicted molar refractivity (Wildman–Crippen MR) is 145 cm³/mol. The molecule has 0 saturated carbocycles. The Hall–Kier alpha value is -2.99. The molecule has 12 heteroatoms. The fraction of sp³-hybridized carbons (Fsp3) is 0.0769. The van der Waals surface area contributed by atoms with Gasteiger partial charge in [-0.25, -0.2) is 0 Å². The van der Waals surface area contributed by atoms with Crippen LogP contribution in [0.25, 0.3) is 0 Å². The zero-order chi connectivity index (χ0) is 27.1. The number of nitrogens with one attached hydrogen (secondary N) is 1. The van der Waals surface area contributed by atoms with Crippen LogP contribution in [-0.2, 0) is 30.4 Å². The minimum absolute atomic E-state index is 0.0384. The van der Waals surface area contributed by atoms with Crippen LogP contribution in [0.4, 0.5) is 0 Å².